The van der Waals surface area contributed by atoms with Crippen LogP contribution in [0.3, 0.4) is 0 Å². The maximum absolute atomic E-state index is 12.9. The molecule has 1 amide bonds. The highest BCUT2D eigenvalue weighted by Gasteiger charge is 2.53. The minimum atomic E-state index is -0.208. The highest BCUT2D eigenvalue weighted by Crippen LogP contribution is 2.43. The summed E-state index contributed by atoms with van der Waals surface area (Å²) in [7, 11) is 0. The Morgan fingerprint density at radius 2 is 1.88 bits per heavy atom. The fraction of sp³-hybridized carbons (Fsp3) is 0.650. The number of rotatable bonds is 5. The highest BCUT2D eigenvalue weighted by molar-refractivity contribution is 5.83. The van der Waals surface area contributed by atoms with Crippen molar-refractivity contribution in [1.29, 1.82) is 0 Å². The van der Waals surface area contributed by atoms with E-state index in [-0.39, 0.29) is 22.0 Å². The van der Waals surface area contributed by atoms with Crippen molar-refractivity contribution in [3.63, 3.8) is 0 Å². The van der Waals surface area contributed by atoms with Gasteiger partial charge in [-0.05, 0) is 18.4 Å². The monoisotopic (exact) mass is 344 g/mol. The molecule has 4 saturated heterocycles. The molecular formula is C20H30N3O2+. The predicted octanol–water partition coefficient (Wildman–Crippen LogP) is 1.81. The number of fused-ring (bicyclic) bond motifs is 3. The lowest BCUT2D eigenvalue weighted by Gasteiger charge is -2.49. The normalized spacial score (nSPS) is 35.0. The average Bonchev–Trinajstić information content (AvgIpc) is 3.09. The molecule has 4 heterocycles. The first-order valence-electron chi connectivity index (χ1n) is 9.73. The number of carbonyl (C=O) groups excluding carboxylic acids is 1. The molecule has 4 aliphatic rings. The van der Waals surface area contributed by atoms with Gasteiger partial charge in [0.1, 0.15) is 19.6 Å². The molecule has 2 N–H and O–H groups in total. The Morgan fingerprint density at radius 1 is 1.20 bits per heavy atom. The van der Waals surface area contributed by atoms with Gasteiger partial charge in [-0.1, -0.05) is 30.3 Å². The molecule has 5 heteroatoms. The van der Waals surface area contributed by atoms with Crippen LogP contribution in [0.4, 0.5) is 0 Å². The quantitative estimate of drug-likeness (QED) is 0.801. The number of nitrogens with zero attached hydrogens (tertiary/aromatic N) is 2. The van der Waals surface area contributed by atoms with Crippen molar-refractivity contribution in [2.24, 2.45) is 5.41 Å². The van der Waals surface area contributed by atoms with Crippen molar-refractivity contribution in [3.8, 4) is 0 Å². The number of hydrogen-bond acceptors (Lipinski definition) is 3. The van der Waals surface area contributed by atoms with Crippen molar-refractivity contribution in [2.45, 2.75) is 38.1 Å². The fourth-order valence-electron chi connectivity index (χ4n) is 4.74. The summed E-state index contributed by atoms with van der Waals surface area (Å²) < 4.78 is 0.186. The van der Waals surface area contributed by atoms with E-state index in [1.807, 2.05) is 0 Å². The van der Waals surface area contributed by atoms with Gasteiger partial charge in [0.25, 0.3) is 0 Å². The Balaban J connectivity index is 1.26. The molecule has 0 spiro atoms. The van der Waals surface area contributed by atoms with Gasteiger partial charge >= 0.3 is 0 Å². The van der Waals surface area contributed by atoms with E-state index >= 15 is 0 Å². The standard InChI is InChI=1S/C20H29N3O2/c24-19(20-8-13-23(25,14-9-20)15-10-20)21-18-7-12-22(16-18)11-6-17-4-2-1-3-5-17/h1-5,18,25H,6-16H2/p+1/t18-,20?,23?/m0/s1. The maximum atomic E-state index is 12.9. The molecule has 5 nitrogen and oxygen atoms in total. The van der Waals surface area contributed by atoms with E-state index in [0.29, 0.717) is 0 Å². The van der Waals surface area contributed by atoms with Gasteiger partial charge in [-0.15, -0.1) is 0 Å². The molecule has 25 heavy (non-hydrogen) atoms. The van der Waals surface area contributed by atoms with Crippen LogP contribution in [-0.4, -0.2) is 66.0 Å². The Hall–Kier alpha value is -1.43. The second kappa shape index (κ2) is 6.71. The van der Waals surface area contributed by atoms with Crippen LogP contribution in [0.2, 0.25) is 0 Å². The molecule has 0 aliphatic carbocycles. The van der Waals surface area contributed by atoms with Gasteiger partial charge in [0.15, 0.2) is 0 Å². The summed E-state index contributed by atoms with van der Waals surface area (Å²) >= 11 is 0. The molecule has 136 valence electrons. The average molecular weight is 344 g/mol. The maximum Gasteiger partial charge on any atom is 0.227 e. The van der Waals surface area contributed by atoms with E-state index in [2.05, 4.69) is 40.5 Å². The van der Waals surface area contributed by atoms with Crippen molar-refractivity contribution in [3.05, 3.63) is 35.9 Å². The molecule has 1 atom stereocenters. The van der Waals surface area contributed by atoms with E-state index in [4.69, 9.17) is 0 Å². The summed E-state index contributed by atoms with van der Waals surface area (Å²) in [6.45, 7) is 5.31. The van der Waals surface area contributed by atoms with Crippen LogP contribution in [-0.2, 0) is 11.2 Å². The second-order valence-corrected chi connectivity index (χ2v) is 8.29. The van der Waals surface area contributed by atoms with Crippen molar-refractivity contribution in [2.75, 3.05) is 39.3 Å². The number of amides is 1. The third-order valence-corrected chi connectivity index (χ3v) is 6.67. The van der Waals surface area contributed by atoms with E-state index in [1.54, 1.807) is 0 Å². The Labute approximate surface area is 150 Å². The highest BCUT2D eigenvalue weighted by atomic mass is 16.5. The van der Waals surface area contributed by atoms with E-state index in [9.17, 15) is 10.0 Å². The zero-order valence-electron chi connectivity index (χ0n) is 15.0. The van der Waals surface area contributed by atoms with Crippen LogP contribution in [0.1, 0.15) is 31.2 Å². The lowest BCUT2D eigenvalue weighted by atomic mass is 9.71. The van der Waals surface area contributed by atoms with Gasteiger partial charge in [-0.2, -0.15) is 4.65 Å². The summed E-state index contributed by atoms with van der Waals surface area (Å²) in [5.74, 6) is 0.244. The van der Waals surface area contributed by atoms with Gasteiger partial charge < -0.3 is 10.2 Å². The number of nitrogens with one attached hydrogen (secondary N) is 1. The first-order chi connectivity index (χ1) is 12.1. The number of likely N-dealkylation sites (tertiary alicyclic amines) is 1. The molecule has 0 saturated carbocycles. The van der Waals surface area contributed by atoms with Gasteiger partial charge in [0, 0.05) is 44.9 Å². The smallest absolute Gasteiger partial charge is 0.227 e. The summed E-state index contributed by atoms with van der Waals surface area (Å²) in [6, 6.07) is 10.9. The number of quaternary nitrogens is 1. The largest absolute Gasteiger partial charge is 0.352 e. The number of hydroxylamine groups is 3. The van der Waals surface area contributed by atoms with Crippen LogP contribution in [0.5, 0.6) is 0 Å². The molecule has 2 bridgehead atoms. The zero-order chi connectivity index (χ0) is 17.3. The van der Waals surface area contributed by atoms with Gasteiger partial charge in [0.05, 0.1) is 5.41 Å². The summed E-state index contributed by atoms with van der Waals surface area (Å²) in [5.41, 5.74) is 1.17. The molecule has 0 unspecified atom stereocenters. The first-order valence-corrected chi connectivity index (χ1v) is 9.73. The minimum Gasteiger partial charge on any atom is -0.352 e. The summed E-state index contributed by atoms with van der Waals surface area (Å²) in [5, 5.41) is 13.6. The van der Waals surface area contributed by atoms with Gasteiger partial charge in [-0.3, -0.25) is 4.79 Å². The first kappa shape index (κ1) is 17.0. The molecule has 0 radical (unpaired) electrons. The van der Waals surface area contributed by atoms with Crippen LogP contribution in [0, 0.1) is 5.41 Å². The summed E-state index contributed by atoms with van der Waals surface area (Å²) in [6.07, 6.45) is 4.62. The Bertz CT molecular complexity index is 594. The molecule has 4 aliphatic heterocycles. The molecule has 0 aromatic heterocycles. The SMILES string of the molecule is O=C(N[C@H]1CCN(CCc2ccccc2)C1)C12CC[N+](O)(CC1)CC2. The zero-order valence-corrected chi connectivity index (χ0v) is 15.0. The molecular weight excluding hydrogens is 314 g/mol. The van der Waals surface area contributed by atoms with Crippen LogP contribution in [0.15, 0.2) is 30.3 Å². The van der Waals surface area contributed by atoms with Crippen molar-refractivity contribution < 1.29 is 14.6 Å². The van der Waals surface area contributed by atoms with Crippen molar-refractivity contribution in [1.82, 2.24) is 10.2 Å². The van der Waals surface area contributed by atoms with Crippen LogP contribution >= 0.6 is 0 Å². The fourth-order valence-corrected chi connectivity index (χ4v) is 4.74. The van der Waals surface area contributed by atoms with Crippen LogP contribution in [0.25, 0.3) is 0 Å². The van der Waals surface area contributed by atoms with Crippen LogP contribution < -0.4 is 5.32 Å². The number of benzene rings is 1. The predicted molar refractivity (Wildman–Crippen MR) is 96.1 cm³/mol. The van der Waals surface area contributed by atoms with E-state index in [1.165, 1.54) is 5.56 Å². The topological polar surface area (TPSA) is 52.6 Å². The summed E-state index contributed by atoms with van der Waals surface area (Å²) in [4.78, 5) is 15.4. The lowest BCUT2D eigenvalue weighted by Crippen LogP contribution is -2.63. The Morgan fingerprint density at radius 3 is 2.56 bits per heavy atom. The van der Waals surface area contributed by atoms with Gasteiger partial charge in [-0.25, -0.2) is 5.21 Å². The number of carbonyl (C=O) groups is 1. The number of piperidine rings is 3. The lowest BCUT2D eigenvalue weighted by molar-refractivity contribution is -1.11. The second-order valence-electron chi connectivity index (χ2n) is 8.29. The number of hydrogen-bond donors (Lipinski definition) is 2. The molecule has 1 aromatic rings. The third-order valence-electron chi connectivity index (χ3n) is 6.67. The minimum absolute atomic E-state index is 0.186. The Kier molecular flexibility index (Phi) is 4.56. The van der Waals surface area contributed by atoms with Crippen molar-refractivity contribution >= 4 is 5.91 Å². The molecule has 4 fully saturated rings. The third kappa shape index (κ3) is 3.59. The molecule has 1 aromatic carbocycles. The van der Waals surface area contributed by atoms with Gasteiger partial charge in [0.2, 0.25) is 5.91 Å². The van der Waals surface area contributed by atoms with E-state index in [0.717, 1.165) is 71.4 Å². The van der Waals surface area contributed by atoms with E-state index < -0.39 is 0 Å². The molecule has 5 rings (SSSR count).